The monoisotopic (exact) mass is 397 g/mol. The van der Waals surface area contributed by atoms with Crippen LogP contribution in [0.25, 0.3) is 0 Å². The maximum Gasteiger partial charge on any atom is 0.325 e. The topological polar surface area (TPSA) is 87.7 Å². The number of nitrogens with one attached hydrogen (secondary N) is 2. The van der Waals surface area contributed by atoms with Gasteiger partial charge in [0.15, 0.2) is 0 Å². The Hall–Kier alpha value is -3.35. The maximum absolute atomic E-state index is 12.4. The van der Waals surface area contributed by atoms with Crippen molar-refractivity contribution in [3.05, 3.63) is 59.7 Å². The van der Waals surface area contributed by atoms with Gasteiger partial charge in [-0.05, 0) is 48.4 Å². The highest BCUT2D eigenvalue weighted by Gasteiger charge is 2.09. The highest BCUT2D eigenvalue weighted by Crippen LogP contribution is 2.16. The molecule has 0 heterocycles. The van der Waals surface area contributed by atoms with Crippen LogP contribution in [0.4, 0.5) is 11.4 Å². The molecule has 0 aromatic heterocycles. The lowest BCUT2D eigenvalue weighted by Crippen LogP contribution is -2.31. The highest BCUT2D eigenvalue weighted by molar-refractivity contribution is 6.04. The van der Waals surface area contributed by atoms with Crippen molar-refractivity contribution in [1.29, 1.82) is 0 Å². The molecule has 0 fully saturated rings. The molecule has 0 aliphatic carbocycles. The van der Waals surface area contributed by atoms with Crippen molar-refractivity contribution >= 4 is 29.2 Å². The SMILES string of the molecule is CCCN(C)c1ccc(C(=O)Nc2ccc(CC(=O)NCC(=O)OC)cc2)cc1. The zero-order valence-electron chi connectivity index (χ0n) is 17.0. The summed E-state index contributed by atoms with van der Waals surface area (Å²) in [6.45, 7) is 2.92. The molecule has 2 amide bonds. The molecule has 2 aromatic rings. The number of anilines is 2. The van der Waals surface area contributed by atoms with Crippen molar-refractivity contribution in [2.45, 2.75) is 19.8 Å². The average Bonchev–Trinajstić information content (AvgIpc) is 2.73. The number of carbonyl (C=O) groups excluding carboxylic acids is 3. The second-order valence-electron chi connectivity index (χ2n) is 6.65. The van der Waals surface area contributed by atoms with E-state index in [1.807, 2.05) is 19.2 Å². The van der Waals surface area contributed by atoms with Gasteiger partial charge in [-0.15, -0.1) is 0 Å². The summed E-state index contributed by atoms with van der Waals surface area (Å²) in [5.41, 5.74) is 3.05. The Labute approximate surface area is 171 Å². The van der Waals surface area contributed by atoms with Gasteiger partial charge in [-0.2, -0.15) is 0 Å². The van der Waals surface area contributed by atoms with E-state index in [-0.39, 0.29) is 24.8 Å². The molecule has 0 aliphatic rings. The third-order valence-electron chi connectivity index (χ3n) is 4.36. The van der Waals surface area contributed by atoms with Crippen LogP contribution in [-0.4, -0.2) is 45.0 Å². The van der Waals surface area contributed by atoms with Gasteiger partial charge in [-0.1, -0.05) is 19.1 Å². The van der Waals surface area contributed by atoms with Gasteiger partial charge in [0.05, 0.1) is 13.5 Å². The van der Waals surface area contributed by atoms with Crippen LogP contribution in [0.2, 0.25) is 0 Å². The van der Waals surface area contributed by atoms with Crippen LogP contribution in [0.5, 0.6) is 0 Å². The second kappa shape index (κ2) is 10.8. The van der Waals surface area contributed by atoms with Crippen LogP contribution in [0.3, 0.4) is 0 Å². The molecule has 2 N–H and O–H groups in total. The number of esters is 1. The first kappa shape index (κ1) is 21.9. The Morgan fingerprint density at radius 2 is 1.66 bits per heavy atom. The Kier molecular flexibility index (Phi) is 8.21. The number of hydrogen-bond acceptors (Lipinski definition) is 5. The van der Waals surface area contributed by atoms with E-state index in [0.29, 0.717) is 11.3 Å². The van der Waals surface area contributed by atoms with E-state index in [9.17, 15) is 14.4 Å². The molecule has 0 unspecified atom stereocenters. The first-order valence-electron chi connectivity index (χ1n) is 9.48. The van der Waals surface area contributed by atoms with Crippen LogP contribution in [0, 0.1) is 0 Å². The van der Waals surface area contributed by atoms with Gasteiger partial charge < -0.3 is 20.3 Å². The summed E-state index contributed by atoms with van der Waals surface area (Å²) < 4.78 is 4.47. The Balaban J connectivity index is 1.89. The van der Waals surface area contributed by atoms with Crippen LogP contribution in [0.1, 0.15) is 29.3 Å². The lowest BCUT2D eigenvalue weighted by Gasteiger charge is -2.18. The van der Waals surface area contributed by atoms with Gasteiger partial charge in [-0.25, -0.2) is 0 Å². The van der Waals surface area contributed by atoms with Crippen molar-refractivity contribution in [3.8, 4) is 0 Å². The van der Waals surface area contributed by atoms with Crippen molar-refractivity contribution in [1.82, 2.24) is 5.32 Å². The number of methoxy groups -OCH3 is 1. The van der Waals surface area contributed by atoms with Crippen molar-refractivity contribution < 1.29 is 19.1 Å². The molecule has 7 heteroatoms. The predicted octanol–water partition coefficient (Wildman–Crippen LogP) is 2.62. The fourth-order valence-electron chi connectivity index (χ4n) is 2.73. The Morgan fingerprint density at radius 1 is 1.00 bits per heavy atom. The minimum atomic E-state index is -0.499. The molecule has 0 spiro atoms. The molecular formula is C22H27N3O4. The third kappa shape index (κ3) is 6.95. The average molecular weight is 397 g/mol. The summed E-state index contributed by atoms with van der Waals surface area (Å²) in [5, 5.41) is 5.33. The van der Waals surface area contributed by atoms with Gasteiger partial charge in [0.2, 0.25) is 5.91 Å². The largest absolute Gasteiger partial charge is 0.468 e. The van der Waals surface area contributed by atoms with Crippen LogP contribution >= 0.6 is 0 Å². The summed E-state index contributed by atoms with van der Waals surface area (Å²) >= 11 is 0. The summed E-state index contributed by atoms with van der Waals surface area (Å²) in [7, 11) is 3.29. The number of carbonyl (C=O) groups is 3. The normalized spacial score (nSPS) is 10.2. The Bertz CT molecular complexity index is 832. The molecule has 0 aliphatic heterocycles. The standard InChI is InChI=1S/C22H27N3O4/c1-4-13-25(2)19-11-7-17(8-12-19)22(28)24-18-9-5-16(6-10-18)14-20(26)23-15-21(27)29-3/h5-12H,4,13-15H2,1-3H3,(H,23,26)(H,24,28). The van der Waals surface area contributed by atoms with E-state index in [0.717, 1.165) is 24.2 Å². The minimum absolute atomic E-state index is 0.137. The number of rotatable bonds is 9. The molecule has 0 bridgehead atoms. The molecular weight excluding hydrogens is 370 g/mol. The summed E-state index contributed by atoms with van der Waals surface area (Å²) in [6, 6.07) is 14.5. The zero-order valence-corrected chi connectivity index (χ0v) is 17.0. The molecule has 0 radical (unpaired) electrons. The number of ether oxygens (including phenoxy) is 1. The summed E-state index contributed by atoms with van der Waals surface area (Å²) in [5.74, 6) is -0.972. The molecule has 29 heavy (non-hydrogen) atoms. The van der Waals surface area contributed by atoms with Crippen molar-refractivity contribution in [3.63, 3.8) is 0 Å². The number of benzene rings is 2. The maximum atomic E-state index is 12.4. The third-order valence-corrected chi connectivity index (χ3v) is 4.36. The molecule has 7 nitrogen and oxygen atoms in total. The van der Waals surface area contributed by atoms with E-state index in [4.69, 9.17) is 0 Å². The molecule has 2 rings (SSSR count). The molecule has 2 aromatic carbocycles. The fraction of sp³-hybridized carbons (Fsp3) is 0.318. The van der Waals surface area contributed by atoms with Gasteiger partial charge in [-0.3, -0.25) is 14.4 Å². The van der Waals surface area contributed by atoms with Crippen LogP contribution < -0.4 is 15.5 Å². The first-order valence-corrected chi connectivity index (χ1v) is 9.48. The van der Waals surface area contributed by atoms with E-state index in [1.165, 1.54) is 7.11 Å². The lowest BCUT2D eigenvalue weighted by atomic mass is 10.1. The Morgan fingerprint density at radius 3 is 2.24 bits per heavy atom. The van der Waals surface area contributed by atoms with Gasteiger partial charge in [0, 0.05) is 30.5 Å². The van der Waals surface area contributed by atoms with Crippen LogP contribution in [0.15, 0.2) is 48.5 Å². The number of amides is 2. The molecule has 0 saturated heterocycles. The van der Waals surface area contributed by atoms with E-state index >= 15 is 0 Å². The molecule has 0 saturated carbocycles. The first-order chi connectivity index (χ1) is 13.9. The smallest absolute Gasteiger partial charge is 0.325 e. The van der Waals surface area contributed by atoms with E-state index < -0.39 is 5.97 Å². The zero-order chi connectivity index (χ0) is 21.2. The van der Waals surface area contributed by atoms with Crippen molar-refractivity contribution in [2.75, 3.05) is 37.5 Å². The summed E-state index contributed by atoms with van der Waals surface area (Å²) in [4.78, 5) is 37.4. The molecule has 0 atom stereocenters. The van der Waals surface area contributed by atoms with Crippen molar-refractivity contribution in [2.24, 2.45) is 0 Å². The quantitative estimate of drug-likeness (QED) is 0.635. The fourth-order valence-corrected chi connectivity index (χ4v) is 2.73. The van der Waals surface area contributed by atoms with E-state index in [2.05, 4.69) is 27.2 Å². The van der Waals surface area contributed by atoms with E-state index in [1.54, 1.807) is 36.4 Å². The number of nitrogens with zero attached hydrogens (tertiary/aromatic N) is 1. The highest BCUT2D eigenvalue weighted by atomic mass is 16.5. The van der Waals surface area contributed by atoms with Crippen LogP contribution in [-0.2, 0) is 20.7 Å². The second-order valence-corrected chi connectivity index (χ2v) is 6.65. The predicted molar refractivity (Wildman–Crippen MR) is 113 cm³/mol. The molecule has 154 valence electrons. The number of hydrogen-bond donors (Lipinski definition) is 2. The van der Waals surface area contributed by atoms with Gasteiger partial charge in [0.1, 0.15) is 6.54 Å². The van der Waals surface area contributed by atoms with Gasteiger partial charge in [0.25, 0.3) is 5.91 Å². The van der Waals surface area contributed by atoms with Gasteiger partial charge >= 0.3 is 5.97 Å². The lowest BCUT2D eigenvalue weighted by molar-refractivity contribution is -0.141. The summed E-state index contributed by atoms with van der Waals surface area (Å²) in [6.07, 6.45) is 1.19. The minimum Gasteiger partial charge on any atom is -0.468 e.